The monoisotopic (exact) mass is 250 g/mol. The molecule has 0 aliphatic carbocycles. The Bertz CT molecular complexity index is 560. The number of nitrogens with two attached hydrogens (primary N) is 1. The van der Waals surface area contributed by atoms with Crippen molar-refractivity contribution in [2.45, 2.75) is 13.0 Å². The molecule has 0 aliphatic rings. The maximum atomic E-state index is 13.7. The summed E-state index contributed by atoms with van der Waals surface area (Å²) in [6, 6.07) is 4.31. The summed E-state index contributed by atoms with van der Waals surface area (Å²) in [7, 11) is 0. The smallest absolute Gasteiger partial charge is 0.131 e. The molecule has 0 spiro atoms. The molecule has 3 N–H and O–H groups in total. The van der Waals surface area contributed by atoms with Crippen LogP contribution in [0.3, 0.4) is 0 Å². The lowest BCUT2D eigenvalue weighted by atomic mass is 10.0. The van der Waals surface area contributed by atoms with Crippen LogP contribution in [0, 0.1) is 18.6 Å². The number of nitrogens with one attached hydrogen (secondary N) is 1. The quantitative estimate of drug-likeness (QED) is 0.641. The van der Waals surface area contributed by atoms with Gasteiger partial charge in [0.05, 0.1) is 11.7 Å². The van der Waals surface area contributed by atoms with Gasteiger partial charge in [-0.15, -0.1) is 0 Å². The first-order valence-corrected chi connectivity index (χ1v) is 5.32. The fraction of sp³-hybridized carbons (Fsp3) is 0.167. The number of aromatic nitrogens is 2. The molecule has 1 aromatic heterocycles. The standard InChI is InChI=1S/C12H12F2N4/c1-7-16-5-4-11(17-7)12(18-15)9-3-2-8(13)6-10(9)14/h2-6,12,18H,15H2,1H3. The fourth-order valence-electron chi connectivity index (χ4n) is 1.71. The lowest BCUT2D eigenvalue weighted by Crippen LogP contribution is -2.30. The Hall–Kier alpha value is -1.92. The van der Waals surface area contributed by atoms with Gasteiger partial charge < -0.3 is 0 Å². The van der Waals surface area contributed by atoms with Gasteiger partial charge in [-0.25, -0.2) is 24.2 Å². The second-order valence-corrected chi connectivity index (χ2v) is 3.79. The van der Waals surface area contributed by atoms with Crippen molar-refractivity contribution in [3.8, 4) is 0 Å². The van der Waals surface area contributed by atoms with Crippen LogP contribution in [0.2, 0.25) is 0 Å². The highest BCUT2D eigenvalue weighted by molar-refractivity contribution is 5.29. The molecule has 0 saturated heterocycles. The number of benzene rings is 1. The second-order valence-electron chi connectivity index (χ2n) is 3.79. The van der Waals surface area contributed by atoms with Crippen molar-refractivity contribution in [3.05, 3.63) is 59.2 Å². The molecule has 0 fully saturated rings. The molecule has 2 rings (SSSR count). The zero-order chi connectivity index (χ0) is 13.1. The molecule has 0 saturated carbocycles. The third-order valence-electron chi connectivity index (χ3n) is 2.53. The van der Waals surface area contributed by atoms with Crippen LogP contribution in [0.15, 0.2) is 30.5 Å². The summed E-state index contributed by atoms with van der Waals surface area (Å²) in [6.07, 6.45) is 1.56. The van der Waals surface area contributed by atoms with Crippen LogP contribution in [0.5, 0.6) is 0 Å². The predicted octanol–water partition coefficient (Wildman–Crippen LogP) is 1.62. The lowest BCUT2D eigenvalue weighted by Gasteiger charge is -2.16. The summed E-state index contributed by atoms with van der Waals surface area (Å²) >= 11 is 0. The zero-order valence-corrected chi connectivity index (χ0v) is 9.69. The van der Waals surface area contributed by atoms with Crippen molar-refractivity contribution in [3.63, 3.8) is 0 Å². The molecule has 6 heteroatoms. The molecule has 4 nitrogen and oxygen atoms in total. The van der Waals surface area contributed by atoms with Crippen molar-refractivity contribution >= 4 is 0 Å². The van der Waals surface area contributed by atoms with Crippen LogP contribution in [-0.4, -0.2) is 9.97 Å². The average Bonchev–Trinajstić information content (AvgIpc) is 2.33. The summed E-state index contributed by atoms with van der Waals surface area (Å²) < 4.78 is 26.6. The van der Waals surface area contributed by atoms with Gasteiger partial charge in [-0.05, 0) is 19.1 Å². The normalized spacial score (nSPS) is 12.4. The SMILES string of the molecule is Cc1nccc(C(NN)c2ccc(F)cc2F)n1. The van der Waals surface area contributed by atoms with E-state index in [0.717, 1.165) is 6.07 Å². The highest BCUT2D eigenvalue weighted by atomic mass is 19.1. The van der Waals surface area contributed by atoms with E-state index in [2.05, 4.69) is 15.4 Å². The van der Waals surface area contributed by atoms with Gasteiger partial charge in [0, 0.05) is 17.8 Å². The Balaban J connectivity index is 2.45. The zero-order valence-electron chi connectivity index (χ0n) is 9.69. The molecule has 0 radical (unpaired) electrons. The number of nitrogens with zero attached hydrogens (tertiary/aromatic N) is 2. The van der Waals surface area contributed by atoms with E-state index < -0.39 is 17.7 Å². The van der Waals surface area contributed by atoms with Crippen molar-refractivity contribution in [1.82, 2.24) is 15.4 Å². The maximum Gasteiger partial charge on any atom is 0.131 e. The molecule has 94 valence electrons. The first-order chi connectivity index (χ1) is 8.61. The molecule has 0 amide bonds. The fourth-order valence-corrected chi connectivity index (χ4v) is 1.71. The van der Waals surface area contributed by atoms with Crippen LogP contribution < -0.4 is 11.3 Å². The van der Waals surface area contributed by atoms with Crippen molar-refractivity contribution in [2.75, 3.05) is 0 Å². The van der Waals surface area contributed by atoms with Gasteiger partial charge in [0.25, 0.3) is 0 Å². The molecule has 1 atom stereocenters. The van der Waals surface area contributed by atoms with E-state index in [1.807, 2.05) is 0 Å². The molecular weight excluding hydrogens is 238 g/mol. The Morgan fingerprint density at radius 1 is 1.28 bits per heavy atom. The average molecular weight is 250 g/mol. The summed E-state index contributed by atoms with van der Waals surface area (Å²) in [5.41, 5.74) is 3.23. The largest absolute Gasteiger partial charge is 0.271 e. The van der Waals surface area contributed by atoms with E-state index in [9.17, 15) is 8.78 Å². The van der Waals surface area contributed by atoms with Gasteiger partial charge in [0.15, 0.2) is 0 Å². The van der Waals surface area contributed by atoms with Gasteiger partial charge in [-0.2, -0.15) is 0 Å². The third-order valence-corrected chi connectivity index (χ3v) is 2.53. The van der Waals surface area contributed by atoms with E-state index in [1.54, 1.807) is 19.2 Å². The van der Waals surface area contributed by atoms with Gasteiger partial charge in [-0.1, -0.05) is 6.07 Å². The second kappa shape index (κ2) is 5.16. The number of aryl methyl sites for hydroxylation is 1. The predicted molar refractivity (Wildman–Crippen MR) is 62.3 cm³/mol. The van der Waals surface area contributed by atoms with Crippen molar-refractivity contribution in [1.29, 1.82) is 0 Å². The Morgan fingerprint density at radius 3 is 2.67 bits per heavy atom. The third kappa shape index (κ3) is 2.49. The minimum absolute atomic E-state index is 0.233. The number of hydrogen-bond donors (Lipinski definition) is 2. The van der Waals surface area contributed by atoms with Crippen LogP contribution in [0.1, 0.15) is 23.1 Å². The molecule has 1 aromatic carbocycles. The number of hydrazine groups is 1. The van der Waals surface area contributed by atoms with Gasteiger partial charge in [-0.3, -0.25) is 5.84 Å². The highest BCUT2D eigenvalue weighted by Gasteiger charge is 2.18. The number of rotatable bonds is 3. The first-order valence-electron chi connectivity index (χ1n) is 5.32. The highest BCUT2D eigenvalue weighted by Crippen LogP contribution is 2.22. The molecular formula is C12H12F2N4. The molecule has 0 aliphatic heterocycles. The minimum atomic E-state index is -0.672. The lowest BCUT2D eigenvalue weighted by molar-refractivity contribution is 0.535. The summed E-state index contributed by atoms with van der Waals surface area (Å²) in [5.74, 6) is 4.67. The van der Waals surface area contributed by atoms with E-state index in [0.29, 0.717) is 11.5 Å². The van der Waals surface area contributed by atoms with Crippen LogP contribution in [0.4, 0.5) is 8.78 Å². The first kappa shape index (κ1) is 12.5. The van der Waals surface area contributed by atoms with Gasteiger partial charge >= 0.3 is 0 Å². The van der Waals surface area contributed by atoms with E-state index >= 15 is 0 Å². The van der Waals surface area contributed by atoms with Crippen LogP contribution in [-0.2, 0) is 0 Å². The Kier molecular flexibility index (Phi) is 3.59. The molecule has 1 unspecified atom stereocenters. The van der Waals surface area contributed by atoms with Gasteiger partial charge in [0.1, 0.15) is 17.5 Å². The summed E-state index contributed by atoms with van der Waals surface area (Å²) in [4.78, 5) is 8.12. The van der Waals surface area contributed by atoms with E-state index in [4.69, 9.17) is 5.84 Å². The molecule has 1 heterocycles. The maximum absolute atomic E-state index is 13.7. The number of hydrogen-bond acceptors (Lipinski definition) is 4. The molecule has 18 heavy (non-hydrogen) atoms. The molecule has 2 aromatic rings. The van der Waals surface area contributed by atoms with E-state index in [1.165, 1.54) is 12.1 Å². The van der Waals surface area contributed by atoms with Crippen molar-refractivity contribution < 1.29 is 8.78 Å². The van der Waals surface area contributed by atoms with E-state index in [-0.39, 0.29) is 5.56 Å². The van der Waals surface area contributed by atoms with Crippen LogP contribution in [0.25, 0.3) is 0 Å². The summed E-state index contributed by atoms with van der Waals surface area (Å²) in [5, 5.41) is 0. The minimum Gasteiger partial charge on any atom is -0.271 e. The number of halogens is 2. The van der Waals surface area contributed by atoms with Crippen LogP contribution >= 0.6 is 0 Å². The molecule has 0 bridgehead atoms. The summed E-state index contributed by atoms with van der Waals surface area (Å²) in [6.45, 7) is 1.72. The Morgan fingerprint density at radius 2 is 2.06 bits per heavy atom. The van der Waals surface area contributed by atoms with Gasteiger partial charge in [0.2, 0.25) is 0 Å². The van der Waals surface area contributed by atoms with Crippen molar-refractivity contribution in [2.24, 2.45) is 5.84 Å². The Labute approximate surface area is 103 Å². The topological polar surface area (TPSA) is 63.8 Å².